The van der Waals surface area contributed by atoms with E-state index in [4.69, 9.17) is 10.5 Å². The van der Waals surface area contributed by atoms with Gasteiger partial charge in [0.15, 0.2) is 0 Å². The molecule has 0 saturated heterocycles. The maximum atomic E-state index is 5.73. The van der Waals surface area contributed by atoms with Gasteiger partial charge in [-0.3, -0.25) is 0 Å². The first-order chi connectivity index (χ1) is 7.74. The summed E-state index contributed by atoms with van der Waals surface area (Å²) in [6.07, 6.45) is 4.78. The SMILES string of the molecule is CC(N)CCc1ccc(OCC2CC2)cc1. The van der Waals surface area contributed by atoms with Crippen molar-refractivity contribution in [3.05, 3.63) is 29.8 Å². The smallest absolute Gasteiger partial charge is 0.119 e. The molecular weight excluding hydrogens is 198 g/mol. The molecule has 0 aromatic heterocycles. The van der Waals surface area contributed by atoms with Gasteiger partial charge in [-0.05, 0) is 56.2 Å². The molecule has 1 aliphatic carbocycles. The third-order valence-electron chi connectivity index (χ3n) is 2.99. The highest BCUT2D eigenvalue weighted by Gasteiger charge is 2.21. The van der Waals surface area contributed by atoms with Crippen LogP contribution in [-0.2, 0) is 6.42 Å². The van der Waals surface area contributed by atoms with Crippen LogP contribution in [0.4, 0.5) is 0 Å². The monoisotopic (exact) mass is 219 g/mol. The van der Waals surface area contributed by atoms with Gasteiger partial charge in [-0.2, -0.15) is 0 Å². The summed E-state index contributed by atoms with van der Waals surface area (Å²) in [5.74, 6) is 1.81. The molecular formula is C14H21NO. The van der Waals surface area contributed by atoms with Crippen LogP contribution in [-0.4, -0.2) is 12.6 Å². The largest absolute Gasteiger partial charge is 0.493 e. The lowest BCUT2D eigenvalue weighted by atomic mass is 10.1. The van der Waals surface area contributed by atoms with Gasteiger partial charge in [0.05, 0.1) is 6.61 Å². The van der Waals surface area contributed by atoms with Gasteiger partial charge in [0.1, 0.15) is 5.75 Å². The lowest BCUT2D eigenvalue weighted by Crippen LogP contribution is -2.15. The predicted molar refractivity (Wildman–Crippen MR) is 66.6 cm³/mol. The third kappa shape index (κ3) is 3.86. The molecule has 0 spiro atoms. The Bertz CT molecular complexity index is 289. The van der Waals surface area contributed by atoms with E-state index >= 15 is 0 Å². The average molecular weight is 219 g/mol. The molecule has 16 heavy (non-hydrogen) atoms. The van der Waals surface area contributed by atoms with Crippen molar-refractivity contribution < 1.29 is 4.74 Å². The minimum absolute atomic E-state index is 0.283. The number of nitrogens with two attached hydrogens (primary N) is 1. The van der Waals surface area contributed by atoms with E-state index in [0.717, 1.165) is 31.1 Å². The summed E-state index contributed by atoms with van der Waals surface area (Å²) in [5.41, 5.74) is 7.08. The van der Waals surface area contributed by atoms with Gasteiger partial charge in [-0.25, -0.2) is 0 Å². The van der Waals surface area contributed by atoms with E-state index in [2.05, 4.69) is 24.3 Å². The van der Waals surface area contributed by atoms with E-state index < -0.39 is 0 Å². The molecule has 2 N–H and O–H groups in total. The second kappa shape index (κ2) is 5.35. The Kier molecular flexibility index (Phi) is 3.83. The topological polar surface area (TPSA) is 35.2 Å². The highest BCUT2D eigenvalue weighted by Crippen LogP contribution is 2.29. The maximum absolute atomic E-state index is 5.73. The van der Waals surface area contributed by atoms with Gasteiger partial charge in [-0.15, -0.1) is 0 Å². The van der Waals surface area contributed by atoms with Crippen LogP contribution in [0.15, 0.2) is 24.3 Å². The molecule has 1 unspecified atom stereocenters. The molecule has 2 heteroatoms. The van der Waals surface area contributed by atoms with Crippen LogP contribution < -0.4 is 10.5 Å². The number of aryl methyl sites for hydroxylation is 1. The summed E-state index contributed by atoms with van der Waals surface area (Å²) in [6.45, 7) is 2.94. The van der Waals surface area contributed by atoms with Gasteiger partial charge in [0, 0.05) is 6.04 Å². The van der Waals surface area contributed by atoms with Crippen LogP contribution >= 0.6 is 0 Å². The molecule has 2 nitrogen and oxygen atoms in total. The summed E-state index contributed by atoms with van der Waals surface area (Å²) in [6, 6.07) is 8.71. The van der Waals surface area contributed by atoms with E-state index in [0.29, 0.717) is 0 Å². The Balaban J connectivity index is 1.78. The Hall–Kier alpha value is -1.02. The van der Waals surface area contributed by atoms with E-state index in [1.807, 2.05) is 6.92 Å². The molecule has 1 aromatic rings. The Labute approximate surface area is 97.8 Å². The normalized spacial score (nSPS) is 17.1. The minimum Gasteiger partial charge on any atom is -0.493 e. The fourth-order valence-corrected chi connectivity index (χ4v) is 1.65. The molecule has 0 aliphatic heterocycles. The first kappa shape index (κ1) is 11.5. The molecule has 1 atom stereocenters. The maximum Gasteiger partial charge on any atom is 0.119 e. The molecule has 0 heterocycles. The second-order valence-electron chi connectivity index (χ2n) is 4.91. The highest BCUT2D eigenvalue weighted by atomic mass is 16.5. The van der Waals surface area contributed by atoms with Crippen molar-refractivity contribution in [2.24, 2.45) is 11.7 Å². The van der Waals surface area contributed by atoms with Crippen molar-refractivity contribution in [3.63, 3.8) is 0 Å². The van der Waals surface area contributed by atoms with Gasteiger partial charge in [0.25, 0.3) is 0 Å². The molecule has 1 fully saturated rings. The Morgan fingerprint density at radius 3 is 2.56 bits per heavy atom. The number of hydrogen-bond donors (Lipinski definition) is 1. The van der Waals surface area contributed by atoms with Crippen molar-refractivity contribution in [2.45, 2.75) is 38.6 Å². The zero-order valence-corrected chi connectivity index (χ0v) is 9.99. The molecule has 0 amide bonds. The molecule has 1 aliphatic rings. The van der Waals surface area contributed by atoms with Gasteiger partial charge >= 0.3 is 0 Å². The summed E-state index contributed by atoms with van der Waals surface area (Å²) in [4.78, 5) is 0. The van der Waals surface area contributed by atoms with Crippen molar-refractivity contribution in [2.75, 3.05) is 6.61 Å². The summed E-state index contributed by atoms with van der Waals surface area (Å²) in [5, 5.41) is 0. The molecule has 0 radical (unpaired) electrons. The molecule has 1 saturated carbocycles. The van der Waals surface area contributed by atoms with Crippen molar-refractivity contribution in [1.82, 2.24) is 0 Å². The standard InChI is InChI=1S/C14H21NO/c1-11(15)2-3-12-6-8-14(9-7-12)16-10-13-4-5-13/h6-9,11,13H,2-5,10,15H2,1H3. The van der Waals surface area contributed by atoms with Gasteiger partial charge in [0.2, 0.25) is 0 Å². The van der Waals surface area contributed by atoms with Crippen LogP contribution in [0.5, 0.6) is 5.75 Å². The van der Waals surface area contributed by atoms with Crippen LogP contribution in [0.2, 0.25) is 0 Å². The number of hydrogen-bond acceptors (Lipinski definition) is 2. The quantitative estimate of drug-likeness (QED) is 0.798. The third-order valence-corrected chi connectivity index (χ3v) is 2.99. The van der Waals surface area contributed by atoms with E-state index in [-0.39, 0.29) is 6.04 Å². The Morgan fingerprint density at radius 2 is 2.00 bits per heavy atom. The molecule has 2 rings (SSSR count). The average Bonchev–Trinajstić information content (AvgIpc) is 3.09. The van der Waals surface area contributed by atoms with Crippen molar-refractivity contribution in [1.29, 1.82) is 0 Å². The van der Waals surface area contributed by atoms with Crippen LogP contribution in [0.3, 0.4) is 0 Å². The zero-order chi connectivity index (χ0) is 11.4. The van der Waals surface area contributed by atoms with Crippen molar-refractivity contribution in [3.8, 4) is 5.75 Å². The lowest BCUT2D eigenvalue weighted by molar-refractivity contribution is 0.299. The first-order valence-electron chi connectivity index (χ1n) is 6.21. The van der Waals surface area contributed by atoms with E-state index in [9.17, 15) is 0 Å². The predicted octanol–water partition coefficient (Wildman–Crippen LogP) is 2.76. The second-order valence-corrected chi connectivity index (χ2v) is 4.91. The fraction of sp³-hybridized carbons (Fsp3) is 0.571. The zero-order valence-electron chi connectivity index (χ0n) is 9.99. The number of ether oxygens (including phenoxy) is 1. The Morgan fingerprint density at radius 1 is 1.31 bits per heavy atom. The van der Waals surface area contributed by atoms with E-state index in [1.54, 1.807) is 0 Å². The van der Waals surface area contributed by atoms with Crippen LogP contribution in [0, 0.1) is 5.92 Å². The van der Waals surface area contributed by atoms with Crippen molar-refractivity contribution >= 4 is 0 Å². The van der Waals surface area contributed by atoms with Crippen LogP contribution in [0.1, 0.15) is 31.7 Å². The fourth-order valence-electron chi connectivity index (χ4n) is 1.65. The van der Waals surface area contributed by atoms with Gasteiger partial charge < -0.3 is 10.5 Å². The number of rotatable bonds is 6. The summed E-state index contributed by atoms with van der Waals surface area (Å²) >= 11 is 0. The molecule has 1 aromatic carbocycles. The molecule has 88 valence electrons. The minimum atomic E-state index is 0.283. The van der Waals surface area contributed by atoms with Gasteiger partial charge in [-0.1, -0.05) is 12.1 Å². The lowest BCUT2D eigenvalue weighted by Gasteiger charge is -2.07. The highest BCUT2D eigenvalue weighted by molar-refractivity contribution is 5.27. The molecule has 0 bridgehead atoms. The summed E-state index contributed by atoms with van der Waals surface area (Å²) in [7, 11) is 0. The van der Waals surface area contributed by atoms with E-state index in [1.165, 1.54) is 18.4 Å². The number of benzene rings is 1. The first-order valence-corrected chi connectivity index (χ1v) is 6.21. The van der Waals surface area contributed by atoms with Crippen LogP contribution in [0.25, 0.3) is 0 Å². The summed E-state index contributed by atoms with van der Waals surface area (Å²) < 4.78 is 5.69.